The van der Waals surface area contributed by atoms with Crippen LogP contribution >= 0.6 is 11.8 Å². The lowest BCUT2D eigenvalue weighted by Gasteiger charge is -2.08. The molecule has 3 rings (SSSR count). The van der Waals surface area contributed by atoms with Crippen LogP contribution < -0.4 is 9.47 Å². The Balaban J connectivity index is 1.89. The minimum Gasteiger partial charge on any atom is -0.493 e. The Kier molecular flexibility index (Phi) is 5.04. The average molecular weight is 355 g/mol. The number of nitrogens with zero attached hydrogens (tertiary/aromatic N) is 3. The highest BCUT2D eigenvalue weighted by atomic mass is 32.2. The number of likely N-dealkylation sites (N-methyl/N-ethyl adjacent to an activating group) is 1. The number of rotatable bonds is 4. The second-order valence-electron chi connectivity index (χ2n) is 5.17. The molecule has 1 amide bonds. The number of hydrogen-bond acceptors (Lipinski definition) is 6. The summed E-state index contributed by atoms with van der Waals surface area (Å²) in [6, 6.07) is 11.0. The van der Waals surface area contributed by atoms with E-state index in [1.54, 1.807) is 33.5 Å². The third kappa shape index (κ3) is 3.66. The fourth-order valence-electron chi connectivity index (χ4n) is 2.26. The first kappa shape index (κ1) is 17.0. The van der Waals surface area contributed by atoms with Crippen molar-refractivity contribution in [2.75, 3.05) is 21.3 Å². The van der Waals surface area contributed by atoms with Crippen LogP contribution in [-0.2, 0) is 4.79 Å². The lowest BCUT2D eigenvalue weighted by molar-refractivity contribution is -0.121. The molecule has 128 valence electrons. The van der Waals surface area contributed by atoms with E-state index in [2.05, 4.69) is 9.98 Å². The van der Waals surface area contributed by atoms with Crippen molar-refractivity contribution in [3.63, 3.8) is 0 Å². The highest BCUT2D eigenvalue weighted by Crippen LogP contribution is 2.34. The number of hydrogen-bond donors (Lipinski definition) is 0. The number of aliphatic imine (C=N–C) groups is 1. The van der Waals surface area contributed by atoms with E-state index in [9.17, 15) is 4.79 Å². The molecule has 0 saturated carbocycles. The first-order valence-electron chi connectivity index (χ1n) is 7.51. The van der Waals surface area contributed by atoms with Gasteiger partial charge in [-0.25, -0.2) is 9.98 Å². The van der Waals surface area contributed by atoms with Gasteiger partial charge in [0.25, 0.3) is 5.91 Å². The Labute approximate surface area is 150 Å². The molecule has 2 aromatic rings. The van der Waals surface area contributed by atoms with Crippen LogP contribution in [0.4, 0.5) is 5.82 Å². The van der Waals surface area contributed by atoms with Crippen molar-refractivity contribution < 1.29 is 14.3 Å². The largest absolute Gasteiger partial charge is 0.493 e. The lowest BCUT2D eigenvalue weighted by Crippen LogP contribution is -2.23. The number of pyridine rings is 1. The highest BCUT2D eigenvalue weighted by Gasteiger charge is 2.30. The van der Waals surface area contributed by atoms with E-state index in [0.29, 0.717) is 27.4 Å². The maximum absolute atomic E-state index is 12.5. The molecular formula is C18H17N3O3S. The molecule has 1 fully saturated rings. The summed E-state index contributed by atoms with van der Waals surface area (Å²) in [5.41, 5.74) is 0.848. The van der Waals surface area contributed by atoms with E-state index in [1.165, 1.54) is 16.7 Å². The molecule has 6 nitrogen and oxygen atoms in total. The number of amides is 1. The smallest absolute Gasteiger partial charge is 0.266 e. The Morgan fingerprint density at radius 1 is 1.16 bits per heavy atom. The first-order chi connectivity index (χ1) is 12.1. The van der Waals surface area contributed by atoms with E-state index < -0.39 is 0 Å². The van der Waals surface area contributed by atoms with Crippen molar-refractivity contribution >= 4 is 34.7 Å². The first-order valence-corrected chi connectivity index (χ1v) is 8.33. The van der Waals surface area contributed by atoms with Crippen LogP contribution in [-0.4, -0.2) is 42.2 Å². The van der Waals surface area contributed by atoms with Crippen molar-refractivity contribution in [3.8, 4) is 11.5 Å². The summed E-state index contributed by atoms with van der Waals surface area (Å²) < 4.78 is 10.5. The molecule has 7 heteroatoms. The number of carbonyl (C=O) groups excluding carboxylic acids is 1. The van der Waals surface area contributed by atoms with Gasteiger partial charge in [-0.1, -0.05) is 12.1 Å². The van der Waals surface area contributed by atoms with Gasteiger partial charge in [0, 0.05) is 13.2 Å². The SMILES string of the molecule is COc1ccc(/C=C2\S/C(=N/c3ccccn3)N(C)C2=O)cc1OC. The summed E-state index contributed by atoms with van der Waals surface area (Å²) in [6.45, 7) is 0. The summed E-state index contributed by atoms with van der Waals surface area (Å²) in [4.78, 5) is 23.2. The van der Waals surface area contributed by atoms with Gasteiger partial charge in [0.2, 0.25) is 0 Å². The molecule has 1 aliphatic rings. The minimum absolute atomic E-state index is 0.102. The molecular weight excluding hydrogens is 338 g/mol. The zero-order chi connectivity index (χ0) is 17.8. The summed E-state index contributed by atoms with van der Waals surface area (Å²) in [5.74, 6) is 1.72. The van der Waals surface area contributed by atoms with Gasteiger partial charge >= 0.3 is 0 Å². The molecule has 0 N–H and O–H groups in total. The van der Waals surface area contributed by atoms with Crippen LogP contribution in [0.15, 0.2) is 52.5 Å². The highest BCUT2D eigenvalue weighted by molar-refractivity contribution is 8.18. The third-order valence-electron chi connectivity index (χ3n) is 3.57. The van der Waals surface area contributed by atoms with Crippen molar-refractivity contribution in [2.45, 2.75) is 0 Å². The number of thioether (sulfide) groups is 1. The predicted molar refractivity (Wildman–Crippen MR) is 99.2 cm³/mol. The second kappa shape index (κ2) is 7.40. The normalized spacial score (nSPS) is 17.4. The summed E-state index contributed by atoms with van der Waals surface area (Å²) in [5, 5.41) is 0.593. The van der Waals surface area contributed by atoms with Crippen molar-refractivity contribution in [2.24, 2.45) is 4.99 Å². The Bertz CT molecular complexity index is 850. The van der Waals surface area contributed by atoms with Crippen LogP contribution in [0.5, 0.6) is 11.5 Å². The fraction of sp³-hybridized carbons (Fsp3) is 0.167. The van der Waals surface area contributed by atoms with Gasteiger partial charge in [-0.3, -0.25) is 9.69 Å². The van der Waals surface area contributed by atoms with E-state index >= 15 is 0 Å². The van der Waals surface area contributed by atoms with Crippen molar-refractivity contribution in [1.82, 2.24) is 9.88 Å². The molecule has 0 bridgehead atoms. The molecule has 0 aliphatic carbocycles. The maximum atomic E-state index is 12.5. The molecule has 0 radical (unpaired) electrons. The van der Waals surface area contributed by atoms with Gasteiger partial charge in [-0.05, 0) is 47.7 Å². The van der Waals surface area contributed by atoms with Crippen molar-refractivity contribution in [1.29, 1.82) is 0 Å². The Morgan fingerprint density at radius 3 is 2.64 bits per heavy atom. The number of methoxy groups -OCH3 is 2. The van der Waals surface area contributed by atoms with Gasteiger partial charge in [-0.2, -0.15) is 0 Å². The van der Waals surface area contributed by atoms with Crippen molar-refractivity contribution in [3.05, 3.63) is 53.1 Å². The van der Waals surface area contributed by atoms with Gasteiger partial charge < -0.3 is 9.47 Å². The minimum atomic E-state index is -0.102. The standard InChI is InChI=1S/C18H17N3O3S/c1-21-17(22)15(25-18(21)20-16-6-4-5-9-19-16)11-12-7-8-13(23-2)14(10-12)24-3/h4-11H,1-3H3/b15-11-,20-18+. The molecule has 1 aliphatic heterocycles. The van der Waals surface area contributed by atoms with Gasteiger partial charge in [0.15, 0.2) is 22.5 Å². The molecule has 0 atom stereocenters. The van der Waals surface area contributed by atoms with Crippen LogP contribution in [0.3, 0.4) is 0 Å². The van der Waals surface area contributed by atoms with Gasteiger partial charge in [-0.15, -0.1) is 0 Å². The third-order valence-corrected chi connectivity index (χ3v) is 4.63. The zero-order valence-corrected chi connectivity index (χ0v) is 14.9. The topological polar surface area (TPSA) is 64.0 Å². The average Bonchev–Trinajstić information content (AvgIpc) is 2.90. The Morgan fingerprint density at radius 2 is 1.96 bits per heavy atom. The van der Waals surface area contributed by atoms with Gasteiger partial charge in [0.05, 0.1) is 19.1 Å². The number of benzene rings is 1. The summed E-state index contributed by atoms with van der Waals surface area (Å²) in [7, 11) is 4.86. The second-order valence-corrected chi connectivity index (χ2v) is 6.18. The number of carbonyl (C=O) groups is 1. The number of aromatic nitrogens is 1. The van der Waals surface area contributed by atoms with E-state index in [-0.39, 0.29) is 5.91 Å². The van der Waals surface area contributed by atoms with E-state index in [4.69, 9.17) is 9.47 Å². The van der Waals surface area contributed by atoms with Crippen LogP contribution in [0, 0.1) is 0 Å². The molecule has 1 saturated heterocycles. The fourth-order valence-corrected chi connectivity index (χ4v) is 3.24. The van der Waals surface area contributed by atoms with Gasteiger partial charge in [0.1, 0.15) is 0 Å². The monoisotopic (exact) mass is 355 g/mol. The van der Waals surface area contributed by atoms with Crippen LogP contribution in [0.1, 0.15) is 5.56 Å². The summed E-state index contributed by atoms with van der Waals surface area (Å²) >= 11 is 1.32. The van der Waals surface area contributed by atoms with E-state index in [1.807, 2.05) is 36.4 Å². The number of amidine groups is 1. The molecule has 1 aromatic heterocycles. The quantitative estimate of drug-likeness (QED) is 0.787. The Hall–Kier alpha value is -2.80. The maximum Gasteiger partial charge on any atom is 0.266 e. The molecule has 0 unspecified atom stereocenters. The van der Waals surface area contributed by atoms with E-state index in [0.717, 1.165) is 5.56 Å². The van der Waals surface area contributed by atoms with Crippen LogP contribution in [0.2, 0.25) is 0 Å². The zero-order valence-electron chi connectivity index (χ0n) is 14.1. The molecule has 0 spiro atoms. The number of ether oxygens (including phenoxy) is 2. The summed E-state index contributed by atoms with van der Waals surface area (Å²) in [6.07, 6.45) is 3.48. The molecule has 2 heterocycles. The molecule has 1 aromatic carbocycles. The predicted octanol–water partition coefficient (Wildman–Crippen LogP) is 3.33. The molecule has 25 heavy (non-hydrogen) atoms. The lowest BCUT2D eigenvalue weighted by atomic mass is 10.2. The van der Waals surface area contributed by atoms with Crippen LogP contribution in [0.25, 0.3) is 6.08 Å².